The van der Waals surface area contributed by atoms with E-state index in [1.807, 2.05) is 107 Å². The summed E-state index contributed by atoms with van der Waals surface area (Å²) in [5.74, 6) is 1.05. The molecule has 0 fully saturated rings. The molecule has 0 atom stereocenters. The smallest absolute Gasteiger partial charge is 0.268 e. The minimum Gasteiger partial charge on any atom is -0.510 e. The number of aromatic nitrogens is 4. The van der Waals surface area contributed by atoms with Crippen molar-refractivity contribution in [3.05, 3.63) is 296 Å². The summed E-state index contributed by atoms with van der Waals surface area (Å²) in [5, 5.41) is 1.79. The number of hydrogen-bond donors (Lipinski definition) is 0. The molecule has 444 valence electrons. The van der Waals surface area contributed by atoms with Gasteiger partial charge >= 0.3 is 0 Å². The van der Waals surface area contributed by atoms with Gasteiger partial charge < -0.3 is 13.9 Å². The number of nitrogens with zero attached hydrogens (tertiary/aromatic N) is 4. The quantitative estimate of drug-likeness (QED) is 0.0956. The molecule has 0 radical (unpaired) electrons. The van der Waals surface area contributed by atoms with Crippen molar-refractivity contribution >= 4 is 32.8 Å². The number of para-hydroxylation sites is 1. The molecule has 0 N–H and O–H groups in total. The van der Waals surface area contributed by atoms with Gasteiger partial charge in [0, 0.05) is 44.3 Å². The molecule has 0 bridgehead atoms. The molecule has 0 aliphatic heterocycles. The molecule has 5 nitrogen and oxygen atoms in total. The maximum atomic E-state index is 10.7. The van der Waals surface area contributed by atoms with E-state index in [2.05, 4.69) is 39.2 Å². The summed E-state index contributed by atoms with van der Waals surface area (Å²) >= 11 is 0. The van der Waals surface area contributed by atoms with Crippen LogP contribution in [0, 0.1) is 18.5 Å². The van der Waals surface area contributed by atoms with Gasteiger partial charge in [0.15, 0.2) is 0 Å². The summed E-state index contributed by atoms with van der Waals surface area (Å²) in [4.78, 5) is 4.85. The van der Waals surface area contributed by atoms with Crippen LogP contribution in [-0.2, 0) is 37.3 Å². The van der Waals surface area contributed by atoms with E-state index in [1.54, 1.807) is 48.7 Å². The Hall–Kier alpha value is -9.67. The van der Waals surface area contributed by atoms with Gasteiger partial charge in [-0.3, -0.25) is 4.57 Å². The Morgan fingerprint density at radius 1 is 0.433 bits per heavy atom. The van der Waals surface area contributed by atoms with Gasteiger partial charge in [0.25, 0.3) is 6.33 Å². The molecule has 0 saturated carbocycles. The van der Waals surface area contributed by atoms with Crippen LogP contribution in [0.25, 0.3) is 117 Å². The van der Waals surface area contributed by atoms with E-state index in [1.165, 1.54) is 21.3 Å². The minimum absolute atomic E-state index is 0. The summed E-state index contributed by atoms with van der Waals surface area (Å²) in [7, 11) is 0. The van der Waals surface area contributed by atoms with Gasteiger partial charge in [-0.1, -0.05) is 237 Å². The van der Waals surface area contributed by atoms with Crippen molar-refractivity contribution < 1.29 is 61.9 Å². The third-order valence-corrected chi connectivity index (χ3v) is 15.7. The zero-order valence-corrected chi connectivity index (χ0v) is 52.8. The molecule has 0 aliphatic carbocycles. The van der Waals surface area contributed by atoms with E-state index in [0.717, 1.165) is 33.0 Å². The Kier molecular flexibility index (Phi) is 10.0. The zero-order valence-electron chi connectivity index (χ0n) is 73.6. The minimum atomic E-state index is -0.955. The van der Waals surface area contributed by atoms with E-state index < -0.39 is 178 Å². The predicted octanol–water partition coefficient (Wildman–Crippen LogP) is 21.5. The molecule has 0 amide bonds. The molecule has 6 heteroatoms. The molecular weight excluding hydrogens is 1280 g/mol. The monoisotopic (exact) mass is 1370 g/mol. The van der Waals surface area contributed by atoms with Crippen LogP contribution in [0.3, 0.4) is 0 Å². The van der Waals surface area contributed by atoms with Crippen molar-refractivity contribution in [1.29, 1.82) is 0 Å². The first kappa shape index (κ1) is 38.0. The topological polar surface area (TPSA) is 35.9 Å². The van der Waals surface area contributed by atoms with Gasteiger partial charge in [0.05, 0.1) is 48.2 Å². The van der Waals surface area contributed by atoms with Gasteiger partial charge in [0.2, 0.25) is 0 Å². The summed E-state index contributed by atoms with van der Waals surface area (Å²) in [5.41, 5.74) is -0.947. The third-order valence-electron chi connectivity index (χ3n) is 15.7. The van der Waals surface area contributed by atoms with Crippen molar-refractivity contribution in [2.75, 3.05) is 0 Å². The maximum absolute atomic E-state index is 10.7. The summed E-state index contributed by atoms with van der Waals surface area (Å²) in [6.07, 6.45) is 5.30. The molecular formula is C84H70N4OPt-2. The molecule has 0 aliphatic rings. The van der Waals surface area contributed by atoms with Crippen LogP contribution in [-0.4, -0.2) is 14.1 Å². The van der Waals surface area contributed by atoms with E-state index in [-0.39, 0.29) is 93.8 Å². The van der Waals surface area contributed by atoms with Crippen LogP contribution in [0.5, 0.6) is 11.5 Å². The Balaban J connectivity index is 0.0000112. The SMILES string of the molecule is [2H]c1c([2H])c([2H])c(-c2cc(-c3cc(C(C)(C)C)cc(C(C)(C)C)c3)c(-[n+]3[c-]n(-c4[c-]c(Oc5[c-]c6c(cc5)c5ccccc5n6-c5cc(C(C)(C)C)ccn5)ccc4)c4cc(-c5c([2H])c([2H])c([2H])c([2H])c5[2H])ccc43)c(-c3c([2H])c(-c4c([2H])c([2H])c([2H])c([2H])c4[2H])c([2H])c(-c4c([2H])c([2H])c([2H])c([2H])c4[2H])c3[2H])c2)c([2H])c1[2H].[Pt]. The molecule has 11 aromatic carbocycles. The fourth-order valence-corrected chi connectivity index (χ4v) is 11.0. The van der Waals surface area contributed by atoms with Crippen molar-refractivity contribution in [2.24, 2.45) is 0 Å². The summed E-state index contributed by atoms with van der Waals surface area (Å²) < 4.78 is 225. The van der Waals surface area contributed by atoms with Crippen molar-refractivity contribution in [3.63, 3.8) is 0 Å². The number of fused-ring (bicyclic) bond motifs is 4. The molecule has 14 aromatic rings. The largest absolute Gasteiger partial charge is 0.510 e. The Morgan fingerprint density at radius 2 is 0.978 bits per heavy atom. The van der Waals surface area contributed by atoms with Gasteiger partial charge in [-0.25, -0.2) is 4.98 Å². The second kappa shape index (κ2) is 23.7. The van der Waals surface area contributed by atoms with E-state index >= 15 is 0 Å². The molecule has 3 heterocycles. The second-order valence-corrected chi connectivity index (χ2v) is 24.8. The number of pyridine rings is 1. The summed E-state index contributed by atoms with van der Waals surface area (Å²) in [6.45, 7) is 18.3. The molecule has 90 heavy (non-hydrogen) atoms. The second-order valence-electron chi connectivity index (χ2n) is 24.8. The number of hydrogen-bond acceptors (Lipinski definition) is 2. The van der Waals surface area contributed by atoms with Gasteiger partial charge in [-0.05, 0) is 165 Å². The summed E-state index contributed by atoms with van der Waals surface area (Å²) in [6, 6.07) is 22.6. The fraction of sp³-hybridized carbons (Fsp3) is 0.143. The first-order valence-corrected chi connectivity index (χ1v) is 29.0. The van der Waals surface area contributed by atoms with E-state index in [0.29, 0.717) is 16.9 Å². The number of benzene rings is 11. The van der Waals surface area contributed by atoms with Crippen LogP contribution in [0.2, 0.25) is 0 Å². The van der Waals surface area contributed by atoms with Gasteiger partial charge in [-0.2, -0.15) is 18.2 Å². The number of ether oxygens (including phenoxy) is 1. The standard InChI is InChI=1S/C84H70N4O.Pt/c1-82(2,3)66-41-42-85-80(52-66)88-76-36-23-22-35-72(76)73-39-38-71(54-78(73)88)89-70-34-24-33-69(53-70)86-55-87(77-40-37-60(50-79(77)86)56-25-14-10-15-26-56)81-74(64-44-61(57-27-16-11-17-28-57)43-62(45-64)58-29-18-12-19-30-58)48-63(59-31-20-13-21-32-59)49-75(81)65-46-67(83(4,5)6)51-68(47-65)84(7,8)9;/h10-52H,1-9H3;/q-2;/i10D,11D,12D,13D,14D,15D,16D,17D,18D,19D,20D,21D,25D,26D,27D,28D,29D,30D,31D,32D,43D,44D,45D;. The Morgan fingerprint density at radius 3 is 1.58 bits per heavy atom. The first-order valence-electron chi connectivity index (χ1n) is 40.5. The molecule has 0 unspecified atom stereocenters. The average Bonchev–Trinajstić information content (AvgIpc) is 1.71. The van der Waals surface area contributed by atoms with E-state index in [4.69, 9.17) is 26.2 Å². The average molecular weight is 1370 g/mol. The van der Waals surface area contributed by atoms with Gasteiger partial charge in [-0.15, -0.1) is 29.7 Å². The molecule has 3 aromatic heterocycles. The Labute approximate surface area is 576 Å². The number of imidazole rings is 1. The zero-order chi connectivity index (χ0) is 81.2. The van der Waals surface area contributed by atoms with Crippen LogP contribution in [0.15, 0.2) is 260 Å². The van der Waals surface area contributed by atoms with Crippen molar-refractivity contribution in [2.45, 2.75) is 78.6 Å². The van der Waals surface area contributed by atoms with E-state index in [9.17, 15) is 15.1 Å². The predicted molar refractivity (Wildman–Crippen MR) is 369 cm³/mol. The normalized spacial score (nSPS) is 15.5. The van der Waals surface area contributed by atoms with Crippen LogP contribution in [0.4, 0.5) is 0 Å². The number of rotatable bonds is 11. The molecule has 0 spiro atoms. The Bertz CT molecular complexity index is 6180. The van der Waals surface area contributed by atoms with Crippen molar-refractivity contribution in [1.82, 2.24) is 14.1 Å². The van der Waals surface area contributed by atoms with Crippen molar-refractivity contribution in [3.8, 4) is 95.5 Å². The van der Waals surface area contributed by atoms with Gasteiger partial charge in [0.1, 0.15) is 5.82 Å². The maximum Gasteiger partial charge on any atom is 0.268 e. The third kappa shape index (κ3) is 11.6. The van der Waals surface area contributed by atoms with Crippen LogP contribution < -0.4 is 9.30 Å². The molecule has 14 rings (SSSR count). The first-order chi connectivity index (χ1) is 52.5. The fourth-order valence-electron chi connectivity index (χ4n) is 11.0. The van der Waals surface area contributed by atoms with Crippen LogP contribution in [0.1, 0.15) is 111 Å². The van der Waals surface area contributed by atoms with Crippen LogP contribution >= 0.6 is 0 Å². The molecule has 0 saturated heterocycles.